The van der Waals surface area contributed by atoms with Crippen molar-refractivity contribution in [1.29, 1.82) is 0 Å². The molecule has 1 atom stereocenters. The van der Waals surface area contributed by atoms with Crippen LogP contribution in [0, 0.1) is 0 Å². The van der Waals surface area contributed by atoms with Crippen molar-refractivity contribution >= 4 is 0 Å². The molecule has 1 N–H and O–H groups in total. The molecule has 3 aromatic carbocycles. The van der Waals surface area contributed by atoms with Gasteiger partial charge < -0.3 is 4.52 Å². The van der Waals surface area contributed by atoms with Crippen molar-refractivity contribution in [3.63, 3.8) is 0 Å². The van der Waals surface area contributed by atoms with Gasteiger partial charge in [0.15, 0.2) is 5.82 Å². The van der Waals surface area contributed by atoms with Crippen molar-refractivity contribution in [2.24, 2.45) is 0 Å². The number of nitrogens with zero attached hydrogens (tertiary/aromatic N) is 2. The number of hydrogen-bond donors (Lipinski definition) is 0. The van der Waals surface area contributed by atoms with Gasteiger partial charge in [0, 0.05) is 18.0 Å². The molecule has 0 aliphatic rings. The van der Waals surface area contributed by atoms with E-state index in [4.69, 9.17) is 10.3 Å². The van der Waals surface area contributed by atoms with Crippen LogP contribution in [0.25, 0.3) is 22.6 Å². The van der Waals surface area contributed by atoms with Gasteiger partial charge in [-0.1, -0.05) is 130 Å². The fourth-order valence-electron chi connectivity index (χ4n) is 4.93. The van der Waals surface area contributed by atoms with Crippen LogP contribution in [-0.2, 0) is 12.8 Å². The second kappa shape index (κ2) is 15.2. The standard InChI is InChI=1S/C34H42N3O/c1-2-3-4-5-6-7-8-9-13-19-33-36-34(38-37-33)31-18-14-17-30(26-31)32(35)25-22-27-20-23-29(24-21-27)28-15-11-10-12-16-28/h10-12,14-18,20-21,23-24,26,32,35H,2-9,13,19,22,25H2,1H3. The van der Waals surface area contributed by atoms with Crippen LogP contribution in [0.3, 0.4) is 0 Å². The Balaban J connectivity index is 1.22. The molecule has 4 heteroatoms. The monoisotopic (exact) mass is 508 g/mol. The summed E-state index contributed by atoms with van der Waals surface area (Å²) < 4.78 is 5.57. The fourth-order valence-corrected chi connectivity index (χ4v) is 4.93. The summed E-state index contributed by atoms with van der Waals surface area (Å²) >= 11 is 0. The SMILES string of the molecule is CCCCCCCCCCCc1noc(-c2cccc(C([NH])CCc3ccc(-c4ccccc4)cc3)c2)n1. The molecule has 1 aromatic heterocycles. The Morgan fingerprint density at radius 2 is 1.34 bits per heavy atom. The molecule has 0 aliphatic carbocycles. The normalized spacial score (nSPS) is 12.1. The lowest BCUT2D eigenvalue weighted by Gasteiger charge is -2.12. The maximum atomic E-state index is 8.73. The molecule has 0 saturated heterocycles. The van der Waals surface area contributed by atoms with Crippen molar-refractivity contribution in [3.8, 4) is 22.6 Å². The molecule has 4 nitrogen and oxygen atoms in total. The van der Waals surface area contributed by atoms with E-state index in [0.29, 0.717) is 5.89 Å². The van der Waals surface area contributed by atoms with Crippen LogP contribution < -0.4 is 5.73 Å². The molecular formula is C34H42N3O. The van der Waals surface area contributed by atoms with Crippen molar-refractivity contribution in [2.45, 2.75) is 90.0 Å². The predicted octanol–water partition coefficient (Wildman–Crippen LogP) is 9.43. The summed E-state index contributed by atoms with van der Waals surface area (Å²) in [5.41, 5.74) is 14.3. The average Bonchev–Trinajstić information content (AvgIpc) is 3.45. The second-order valence-electron chi connectivity index (χ2n) is 10.4. The first-order chi connectivity index (χ1) is 18.7. The summed E-state index contributed by atoms with van der Waals surface area (Å²) in [6.45, 7) is 2.26. The van der Waals surface area contributed by atoms with Gasteiger partial charge >= 0.3 is 0 Å². The predicted molar refractivity (Wildman–Crippen MR) is 157 cm³/mol. The zero-order chi connectivity index (χ0) is 26.4. The van der Waals surface area contributed by atoms with Crippen molar-refractivity contribution < 1.29 is 4.52 Å². The zero-order valence-electron chi connectivity index (χ0n) is 22.9. The van der Waals surface area contributed by atoms with Crippen molar-refractivity contribution in [1.82, 2.24) is 15.9 Å². The van der Waals surface area contributed by atoms with Crippen LogP contribution >= 0.6 is 0 Å². The molecule has 0 saturated carbocycles. The maximum Gasteiger partial charge on any atom is 0.257 e. The van der Waals surface area contributed by atoms with Crippen molar-refractivity contribution in [2.75, 3.05) is 0 Å². The number of nitrogens with one attached hydrogen (secondary N) is 1. The topological polar surface area (TPSA) is 62.7 Å². The van der Waals surface area contributed by atoms with Gasteiger partial charge in [-0.3, -0.25) is 0 Å². The summed E-state index contributed by atoms with van der Waals surface area (Å²) in [6.07, 6.45) is 14.3. The van der Waals surface area contributed by atoms with Crippen LogP contribution in [0.2, 0.25) is 0 Å². The fraction of sp³-hybridized carbons (Fsp3) is 0.412. The molecule has 1 heterocycles. The van der Waals surface area contributed by atoms with Gasteiger partial charge in [-0.05, 0) is 53.6 Å². The minimum atomic E-state index is -0.298. The van der Waals surface area contributed by atoms with E-state index in [1.807, 2.05) is 30.3 Å². The Bertz CT molecular complexity index is 1200. The number of hydrogen-bond acceptors (Lipinski definition) is 3. The van der Waals surface area contributed by atoms with Crippen LogP contribution in [0.15, 0.2) is 83.4 Å². The minimum Gasteiger partial charge on any atom is -0.334 e. The highest BCUT2D eigenvalue weighted by atomic mass is 16.5. The summed E-state index contributed by atoms with van der Waals surface area (Å²) in [7, 11) is 0. The zero-order valence-corrected chi connectivity index (χ0v) is 22.9. The van der Waals surface area contributed by atoms with E-state index in [2.05, 4.69) is 65.6 Å². The third kappa shape index (κ3) is 8.66. The number of aromatic nitrogens is 2. The molecule has 0 amide bonds. The Morgan fingerprint density at radius 3 is 2.08 bits per heavy atom. The van der Waals surface area contributed by atoms with Gasteiger partial charge in [0.05, 0.1) is 0 Å². The van der Waals surface area contributed by atoms with Crippen LogP contribution in [0.1, 0.15) is 94.1 Å². The Morgan fingerprint density at radius 1 is 0.684 bits per heavy atom. The molecule has 0 aliphatic heterocycles. The molecule has 0 spiro atoms. The van der Waals surface area contributed by atoms with Crippen LogP contribution in [0.4, 0.5) is 0 Å². The summed E-state index contributed by atoms with van der Waals surface area (Å²) in [5.74, 6) is 1.34. The highest BCUT2D eigenvalue weighted by Gasteiger charge is 2.13. The van der Waals surface area contributed by atoms with Crippen molar-refractivity contribution in [3.05, 3.63) is 95.8 Å². The minimum absolute atomic E-state index is 0.298. The second-order valence-corrected chi connectivity index (χ2v) is 10.4. The van der Waals surface area contributed by atoms with E-state index in [0.717, 1.165) is 42.6 Å². The van der Waals surface area contributed by atoms with Crippen LogP contribution in [0.5, 0.6) is 0 Å². The largest absolute Gasteiger partial charge is 0.334 e. The third-order valence-electron chi connectivity index (χ3n) is 7.29. The van der Waals surface area contributed by atoms with Gasteiger partial charge in [0.25, 0.3) is 5.89 Å². The smallest absolute Gasteiger partial charge is 0.257 e. The van der Waals surface area contributed by atoms with Crippen LogP contribution in [-0.4, -0.2) is 10.1 Å². The van der Waals surface area contributed by atoms with Gasteiger partial charge in [0.2, 0.25) is 0 Å². The Kier molecular flexibility index (Phi) is 11.1. The molecule has 1 unspecified atom stereocenters. The molecule has 0 bridgehead atoms. The summed E-state index contributed by atoms with van der Waals surface area (Å²) in [6, 6.07) is 26.9. The first kappa shape index (κ1) is 27.8. The van der Waals surface area contributed by atoms with Gasteiger partial charge in [0.1, 0.15) is 0 Å². The first-order valence-corrected chi connectivity index (χ1v) is 14.5. The lowest BCUT2D eigenvalue weighted by Crippen LogP contribution is -2.02. The first-order valence-electron chi connectivity index (χ1n) is 14.5. The Labute approximate surface area is 228 Å². The quantitative estimate of drug-likeness (QED) is 0.142. The number of benzene rings is 3. The molecule has 199 valence electrons. The van der Waals surface area contributed by atoms with Gasteiger partial charge in [-0.2, -0.15) is 4.98 Å². The number of aryl methyl sites for hydroxylation is 2. The molecule has 4 aromatic rings. The molecule has 4 rings (SSSR count). The maximum absolute atomic E-state index is 8.73. The lowest BCUT2D eigenvalue weighted by atomic mass is 9.97. The molecular weight excluding hydrogens is 466 g/mol. The third-order valence-corrected chi connectivity index (χ3v) is 7.29. The lowest BCUT2D eigenvalue weighted by molar-refractivity contribution is 0.420. The molecule has 1 radical (unpaired) electrons. The van der Waals surface area contributed by atoms with Gasteiger partial charge in [-0.25, -0.2) is 5.73 Å². The number of unbranched alkanes of at least 4 members (excludes halogenated alkanes) is 8. The molecule has 0 fully saturated rings. The van der Waals surface area contributed by atoms with E-state index in [9.17, 15) is 0 Å². The Hall–Kier alpha value is -3.24. The number of rotatable bonds is 16. The molecule has 38 heavy (non-hydrogen) atoms. The summed E-state index contributed by atoms with van der Waals surface area (Å²) in [4.78, 5) is 4.64. The van der Waals surface area contributed by atoms with E-state index < -0.39 is 0 Å². The van der Waals surface area contributed by atoms with Gasteiger partial charge in [-0.15, -0.1) is 0 Å². The highest BCUT2D eigenvalue weighted by Crippen LogP contribution is 2.26. The van der Waals surface area contributed by atoms with E-state index >= 15 is 0 Å². The van der Waals surface area contributed by atoms with E-state index in [1.165, 1.54) is 68.1 Å². The summed E-state index contributed by atoms with van der Waals surface area (Å²) in [5, 5.41) is 4.21. The highest BCUT2D eigenvalue weighted by molar-refractivity contribution is 5.63. The van der Waals surface area contributed by atoms with E-state index in [-0.39, 0.29) is 6.04 Å². The average molecular weight is 509 g/mol. The van der Waals surface area contributed by atoms with E-state index in [1.54, 1.807) is 0 Å².